The predicted octanol–water partition coefficient (Wildman–Crippen LogP) is 1.64. The van der Waals surface area contributed by atoms with E-state index in [1.807, 2.05) is 6.92 Å². The predicted molar refractivity (Wildman–Crippen MR) is 97.7 cm³/mol. The lowest BCUT2D eigenvalue weighted by Gasteiger charge is -2.10. The zero-order chi connectivity index (χ0) is 18.7. The van der Waals surface area contributed by atoms with Gasteiger partial charge in [0.1, 0.15) is 0 Å². The number of benzene rings is 1. The van der Waals surface area contributed by atoms with Crippen molar-refractivity contribution in [1.29, 1.82) is 0 Å². The van der Waals surface area contributed by atoms with Crippen LogP contribution in [0.4, 0.5) is 0 Å². The summed E-state index contributed by atoms with van der Waals surface area (Å²) >= 11 is 10.7. The molecule has 9 heteroatoms. The average molecular weight is 386 g/mol. The fourth-order valence-electron chi connectivity index (χ4n) is 1.68. The van der Waals surface area contributed by atoms with Gasteiger partial charge in [0.15, 0.2) is 5.11 Å². The molecule has 1 aromatic rings. The van der Waals surface area contributed by atoms with Crippen LogP contribution in [0.1, 0.15) is 31.7 Å². The number of rotatable bonds is 7. The van der Waals surface area contributed by atoms with E-state index in [9.17, 15) is 14.4 Å². The van der Waals surface area contributed by atoms with E-state index in [4.69, 9.17) is 28.6 Å². The Bertz CT molecular complexity index is 622. The third-order valence-corrected chi connectivity index (χ3v) is 3.33. The fraction of sp³-hybridized carbons (Fsp3) is 0.375. The smallest absolute Gasteiger partial charge is 0.306 e. The molecular formula is C16H20ClN3O4S. The van der Waals surface area contributed by atoms with Crippen molar-refractivity contribution in [1.82, 2.24) is 16.2 Å². The molecule has 1 rings (SSSR count). The zero-order valence-electron chi connectivity index (χ0n) is 13.8. The lowest BCUT2D eigenvalue weighted by molar-refractivity contribution is -0.144. The highest BCUT2D eigenvalue weighted by Gasteiger charge is 2.10. The van der Waals surface area contributed by atoms with Crippen molar-refractivity contribution in [3.8, 4) is 0 Å². The molecule has 0 atom stereocenters. The Kier molecular flexibility index (Phi) is 9.49. The molecule has 7 nitrogen and oxygen atoms in total. The molecule has 0 fully saturated rings. The van der Waals surface area contributed by atoms with E-state index in [1.54, 1.807) is 24.3 Å². The molecule has 136 valence electrons. The van der Waals surface area contributed by atoms with Gasteiger partial charge in [0.2, 0.25) is 11.8 Å². The third kappa shape index (κ3) is 9.63. The minimum atomic E-state index is -0.446. The van der Waals surface area contributed by atoms with Crippen LogP contribution in [-0.2, 0) is 25.5 Å². The van der Waals surface area contributed by atoms with Crippen LogP contribution in [0.5, 0.6) is 0 Å². The molecule has 2 amide bonds. The summed E-state index contributed by atoms with van der Waals surface area (Å²) in [4.78, 5) is 34.7. The second-order valence-corrected chi connectivity index (χ2v) is 5.92. The zero-order valence-corrected chi connectivity index (χ0v) is 15.3. The van der Waals surface area contributed by atoms with E-state index < -0.39 is 11.9 Å². The lowest BCUT2D eigenvalue weighted by atomic mass is 10.1. The molecule has 3 N–H and O–H groups in total. The van der Waals surface area contributed by atoms with Crippen LogP contribution in [-0.4, -0.2) is 29.5 Å². The summed E-state index contributed by atoms with van der Waals surface area (Å²) in [5, 5.41) is 2.89. The molecular weight excluding hydrogens is 366 g/mol. The molecule has 0 aromatic heterocycles. The second kappa shape index (κ2) is 11.4. The van der Waals surface area contributed by atoms with Crippen LogP contribution in [0.3, 0.4) is 0 Å². The lowest BCUT2D eigenvalue weighted by Crippen LogP contribution is -2.48. The number of ether oxygens (including phenoxy) is 1. The van der Waals surface area contributed by atoms with Crippen LogP contribution in [0, 0.1) is 0 Å². The molecule has 0 bridgehead atoms. The largest absolute Gasteiger partial charge is 0.466 e. The topological polar surface area (TPSA) is 96.5 Å². The van der Waals surface area contributed by atoms with Crippen molar-refractivity contribution < 1.29 is 19.1 Å². The first-order chi connectivity index (χ1) is 11.9. The maximum atomic E-state index is 11.8. The van der Waals surface area contributed by atoms with Gasteiger partial charge in [-0.25, -0.2) is 0 Å². The molecule has 0 saturated carbocycles. The maximum absolute atomic E-state index is 11.8. The van der Waals surface area contributed by atoms with E-state index in [-0.39, 0.29) is 30.3 Å². The summed E-state index contributed by atoms with van der Waals surface area (Å²) in [5.74, 6) is -1.22. The molecule has 0 aliphatic rings. The maximum Gasteiger partial charge on any atom is 0.306 e. The molecule has 0 radical (unpaired) electrons. The van der Waals surface area contributed by atoms with E-state index in [0.29, 0.717) is 11.6 Å². The Morgan fingerprint density at radius 1 is 1.08 bits per heavy atom. The van der Waals surface area contributed by atoms with Gasteiger partial charge in [-0.3, -0.25) is 25.2 Å². The van der Waals surface area contributed by atoms with Crippen LogP contribution in [0.15, 0.2) is 24.3 Å². The highest BCUT2D eigenvalue weighted by atomic mass is 35.5. The molecule has 0 heterocycles. The Balaban J connectivity index is 2.22. The number of thiocarbonyl (C=S) groups is 1. The Hall–Kier alpha value is -2.19. The number of hydrogen-bond donors (Lipinski definition) is 3. The van der Waals surface area contributed by atoms with Crippen molar-refractivity contribution in [3.63, 3.8) is 0 Å². The van der Waals surface area contributed by atoms with Crippen LogP contribution in [0.2, 0.25) is 5.02 Å². The summed E-state index contributed by atoms with van der Waals surface area (Å²) in [6.45, 7) is 2.21. The first-order valence-corrected chi connectivity index (χ1v) is 8.48. The highest BCUT2D eigenvalue weighted by molar-refractivity contribution is 7.80. The van der Waals surface area contributed by atoms with Gasteiger partial charge < -0.3 is 10.1 Å². The van der Waals surface area contributed by atoms with Gasteiger partial charge in [-0.2, -0.15) is 0 Å². The third-order valence-electron chi connectivity index (χ3n) is 2.87. The fourth-order valence-corrected chi connectivity index (χ4v) is 1.97. The van der Waals surface area contributed by atoms with Crippen LogP contribution in [0.25, 0.3) is 0 Å². The van der Waals surface area contributed by atoms with Crippen LogP contribution < -0.4 is 16.2 Å². The van der Waals surface area contributed by atoms with Gasteiger partial charge in [0.05, 0.1) is 19.4 Å². The van der Waals surface area contributed by atoms with Crippen molar-refractivity contribution in [2.24, 2.45) is 0 Å². The van der Waals surface area contributed by atoms with Gasteiger partial charge in [-0.1, -0.05) is 30.7 Å². The monoisotopic (exact) mass is 385 g/mol. The normalized spacial score (nSPS) is 9.84. The van der Waals surface area contributed by atoms with Gasteiger partial charge >= 0.3 is 5.97 Å². The summed E-state index contributed by atoms with van der Waals surface area (Å²) in [7, 11) is 0. The van der Waals surface area contributed by atoms with E-state index in [2.05, 4.69) is 16.2 Å². The summed E-state index contributed by atoms with van der Waals surface area (Å²) in [5.41, 5.74) is 5.58. The molecule has 0 saturated heterocycles. The Morgan fingerprint density at radius 2 is 1.76 bits per heavy atom. The minimum Gasteiger partial charge on any atom is -0.466 e. The summed E-state index contributed by atoms with van der Waals surface area (Å²) in [6, 6.07) is 6.85. The molecule has 1 aromatic carbocycles. The highest BCUT2D eigenvalue weighted by Crippen LogP contribution is 2.09. The van der Waals surface area contributed by atoms with Crippen molar-refractivity contribution in [2.75, 3.05) is 6.61 Å². The standard InChI is InChI=1S/C16H20ClN3O4S/c1-2-9-24-15(23)8-7-13(21)18-16(25)20-19-14(22)10-11-3-5-12(17)6-4-11/h3-6H,2,7-10H2,1H3,(H,19,22)(H2,18,20,21,25). The van der Waals surface area contributed by atoms with Gasteiger partial charge in [-0.05, 0) is 36.3 Å². The van der Waals surface area contributed by atoms with Crippen molar-refractivity contribution in [2.45, 2.75) is 32.6 Å². The van der Waals surface area contributed by atoms with Gasteiger partial charge in [0, 0.05) is 11.4 Å². The minimum absolute atomic E-state index is 0.0304. The van der Waals surface area contributed by atoms with E-state index >= 15 is 0 Å². The number of hydrazine groups is 1. The first kappa shape index (κ1) is 20.9. The van der Waals surface area contributed by atoms with Crippen LogP contribution >= 0.6 is 23.8 Å². The summed E-state index contributed by atoms with van der Waals surface area (Å²) in [6.07, 6.45) is 0.770. The average Bonchev–Trinajstić information content (AvgIpc) is 2.58. The van der Waals surface area contributed by atoms with E-state index in [1.165, 1.54) is 0 Å². The van der Waals surface area contributed by atoms with Crippen molar-refractivity contribution >= 4 is 46.7 Å². The Labute approximate surface area is 156 Å². The first-order valence-electron chi connectivity index (χ1n) is 7.69. The quantitative estimate of drug-likeness (QED) is 0.375. The van der Waals surface area contributed by atoms with Gasteiger partial charge in [0.25, 0.3) is 0 Å². The number of hydrogen-bond acceptors (Lipinski definition) is 5. The number of nitrogens with one attached hydrogen (secondary N) is 3. The number of amides is 2. The van der Waals surface area contributed by atoms with Gasteiger partial charge in [-0.15, -0.1) is 0 Å². The number of carbonyl (C=O) groups excluding carboxylic acids is 3. The Morgan fingerprint density at radius 3 is 2.40 bits per heavy atom. The number of halogens is 1. The SMILES string of the molecule is CCCOC(=O)CCC(=O)NC(=S)NNC(=O)Cc1ccc(Cl)cc1. The summed E-state index contributed by atoms with van der Waals surface area (Å²) < 4.78 is 4.86. The van der Waals surface area contributed by atoms with Crippen molar-refractivity contribution in [3.05, 3.63) is 34.9 Å². The molecule has 25 heavy (non-hydrogen) atoms. The number of carbonyl (C=O) groups is 3. The molecule has 0 unspecified atom stereocenters. The second-order valence-electron chi connectivity index (χ2n) is 5.07. The molecule has 0 spiro atoms. The molecule has 0 aliphatic heterocycles. The van der Waals surface area contributed by atoms with E-state index in [0.717, 1.165) is 12.0 Å². The molecule has 0 aliphatic carbocycles. The number of esters is 1.